The van der Waals surface area contributed by atoms with Crippen LogP contribution in [0.4, 0.5) is 4.39 Å². The highest BCUT2D eigenvalue weighted by Crippen LogP contribution is 2.29. The van der Waals surface area contributed by atoms with Crippen LogP contribution < -0.4 is 0 Å². The Morgan fingerprint density at radius 3 is 3.00 bits per heavy atom. The van der Waals surface area contributed by atoms with Gasteiger partial charge in [-0.1, -0.05) is 0 Å². The van der Waals surface area contributed by atoms with E-state index in [4.69, 9.17) is 4.74 Å². The Morgan fingerprint density at radius 1 is 1.53 bits per heavy atom. The molecule has 2 aromatic heterocycles. The Labute approximate surface area is 83.7 Å². The SMILES string of the molecule is Fc1cc([C@@H]2CO2)cnc1-n1cnnn1. The van der Waals surface area contributed by atoms with Crippen LogP contribution in [0.15, 0.2) is 18.6 Å². The van der Waals surface area contributed by atoms with Gasteiger partial charge in [-0.3, -0.25) is 0 Å². The number of hydrogen-bond donors (Lipinski definition) is 0. The van der Waals surface area contributed by atoms with Gasteiger partial charge >= 0.3 is 0 Å². The van der Waals surface area contributed by atoms with Crippen LogP contribution in [0.5, 0.6) is 0 Å². The van der Waals surface area contributed by atoms with Crippen molar-refractivity contribution in [1.29, 1.82) is 0 Å². The van der Waals surface area contributed by atoms with Crippen LogP contribution in [0.2, 0.25) is 0 Å². The number of rotatable bonds is 2. The van der Waals surface area contributed by atoms with Crippen LogP contribution in [0.25, 0.3) is 5.82 Å². The fraction of sp³-hybridized carbons (Fsp3) is 0.250. The quantitative estimate of drug-likeness (QED) is 0.661. The Morgan fingerprint density at radius 2 is 2.40 bits per heavy atom. The first-order chi connectivity index (χ1) is 7.34. The summed E-state index contributed by atoms with van der Waals surface area (Å²) < 4.78 is 19.8. The van der Waals surface area contributed by atoms with Crippen LogP contribution in [0, 0.1) is 5.82 Å². The van der Waals surface area contributed by atoms with E-state index in [1.807, 2.05) is 0 Å². The second kappa shape index (κ2) is 3.06. The molecule has 0 amide bonds. The zero-order valence-corrected chi connectivity index (χ0v) is 7.54. The maximum Gasteiger partial charge on any atom is 0.193 e. The van der Waals surface area contributed by atoms with Crippen molar-refractivity contribution in [3.05, 3.63) is 30.0 Å². The van der Waals surface area contributed by atoms with Crippen molar-refractivity contribution < 1.29 is 9.13 Å². The molecule has 1 aliphatic rings. The van der Waals surface area contributed by atoms with Crippen molar-refractivity contribution in [2.75, 3.05) is 6.61 Å². The molecule has 2 aromatic rings. The number of halogens is 1. The summed E-state index contributed by atoms with van der Waals surface area (Å²) in [6.07, 6.45) is 2.85. The number of pyridine rings is 1. The molecule has 0 aromatic carbocycles. The highest BCUT2D eigenvalue weighted by molar-refractivity contribution is 5.28. The molecule has 1 fully saturated rings. The topological polar surface area (TPSA) is 69.0 Å². The largest absolute Gasteiger partial charge is 0.368 e. The average molecular weight is 207 g/mol. The molecule has 76 valence electrons. The van der Waals surface area contributed by atoms with Gasteiger partial charge in [0.25, 0.3) is 0 Å². The van der Waals surface area contributed by atoms with Gasteiger partial charge in [0.15, 0.2) is 11.6 Å². The molecule has 0 saturated carbocycles. The Kier molecular flexibility index (Phi) is 1.72. The van der Waals surface area contributed by atoms with Crippen LogP contribution in [-0.2, 0) is 4.74 Å². The van der Waals surface area contributed by atoms with Gasteiger partial charge in [-0.2, -0.15) is 4.68 Å². The van der Waals surface area contributed by atoms with E-state index in [1.165, 1.54) is 17.1 Å². The number of aromatic nitrogens is 5. The maximum absolute atomic E-state index is 13.6. The lowest BCUT2D eigenvalue weighted by atomic mass is 10.2. The minimum atomic E-state index is -0.463. The van der Waals surface area contributed by atoms with E-state index in [2.05, 4.69) is 20.5 Å². The van der Waals surface area contributed by atoms with E-state index in [9.17, 15) is 4.39 Å². The van der Waals surface area contributed by atoms with Gasteiger partial charge in [-0.15, -0.1) is 5.10 Å². The molecule has 0 aliphatic carbocycles. The molecule has 6 nitrogen and oxygen atoms in total. The zero-order chi connectivity index (χ0) is 10.3. The van der Waals surface area contributed by atoms with E-state index in [0.717, 1.165) is 5.56 Å². The first kappa shape index (κ1) is 8.42. The maximum atomic E-state index is 13.6. The molecule has 0 unspecified atom stereocenters. The fourth-order valence-electron chi connectivity index (χ4n) is 1.29. The van der Waals surface area contributed by atoms with Gasteiger partial charge in [0, 0.05) is 11.8 Å². The predicted octanol–water partition coefficient (Wildman–Crippen LogP) is 0.268. The van der Waals surface area contributed by atoms with Crippen molar-refractivity contribution in [3.8, 4) is 5.82 Å². The minimum Gasteiger partial charge on any atom is -0.368 e. The highest BCUT2D eigenvalue weighted by Gasteiger charge is 2.26. The molecule has 0 N–H and O–H groups in total. The van der Waals surface area contributed by atoms with Crippen molar-refractivity contribution >= 4 is 0 Å². The van der Waals surface area contributed by atoms with Crippen LogP contribution >= 0.6 is 0 Å². The molecule has 1 saturated heterocycles. The highest BCUT2D eigenvalue weighted by atomic mass is 19.1. The molecular weight excluding hydrogens is 201 g/mol. The smallest absolute Gasteiger partial charge is 0.193 e. The molecule has 0 spiro atoms. The van der Waals surface area contributed by atoms with Gasteiger partial charge in [-0.25, -0.2) is 9.37 Å². The van der Waals surface area contributed by atoms with E-state index in [0.29, 0.717) is 6.61 Å². The van der Waals surface area contributed by atoms with Gasteiger partial charge in [0.05, 0.1) is 6.61 Å². The summed E-state index contributed by atoms with van der Waals surface area (Å²) in [6.45, 7) is 0.630. The summed E-state index contributed by atoms with van der Waals surface area (Å²) >= 11 is 0. The van der Waals surface area contributed by atoms with E-state index >= 15 is 0 Å². The zero-order valence-electron chi connectivity index (χ0n) is 7.54. The molecule has 0 bridgehead atoms. The van der Waals surface area contributed by atoms with Gasteiger partial charge in [0.2, 0.25) is 0 Å². The molecule has 3 rings (SSSR count). The number of tetrazole rings is 1. The molecule has 15 heavy (non-hydrogen) atoms. The molecule has 0 radical (unpaired) electrons. The third-order valence-corrected chi connectivity index (χ3v) is 2.11. The minimum absolute atomic E-state index is 0.00470. The van der Waals surface area contributed by atoms with Crippen molar-refractivity contribution in [1.82, 2.24) is 25.2 Å². The van der Waals surface area contributed by atoms with Crippen LogP contribution in [0.3, 0.4) is 0 Å². The summed E-state index contributed by atoms with van der Waals surface area (Å²) in [6, 6.07) is 1.39. The Hall–Kier alpha value is -1.89. The second-order valence-corrected chi connectivity index (χ2v) is 3.15. The van der Waals surface area contributed by atoms with E-state index in [-0.39, 0.29) is 11.9 Å². The fourth-order valence-corrected chi connectivity index (χ4v) is 1.29. The molecule has 7 heteroatoms. The normalized spacial score (nSPS) is 19.1. The van der Waals surface area contributed by atoms with E-state index in [1.54, 1.807) is 6.20 Å². The summed E-state index contributed by atoms with van der Waals surface area (Å²) in [4.78, 5) is 3.95. The third-order valence-electron chi connectivity index (χ3n) is 2.11. The van der Waals surface area contributed by atoms with Crippen LogP contribution in [-0.4, -0.2) is 31.8 Å². The Bertz CT molecular complexity index is 482. The van der Waals surface area contributed by atoms with E-state index < -0.39 is 5.82 Å². The number of epoxide rings is 1. The van der Waals surface area contributed by atoms with Crippen molar-refractivity contribution in [2.24, 2.45) is 0 Å². The first-order valence-electron chi connectivity index (χ1n) is 4.35. The lowest BCUT2D eigenvalue weighted by Crippen LogP contribution is -2.03. The lowest BCUT2D eigenvalue weighted by Gasteiger charge is -2.01. The summed E-state index contributed by atoms with van der Waals surface area (Å²) in [7, 11) is 0. The lowest BCUT2D eigenvalue weighted by molar-refractivity contribution is 0.414. The summed E-state index contributed by atoms with van der Waals surface area (Å²) in [5, 5.41) is 10.4. The monoisotopic (exact) mass is 207 g/mol. The second-order valence-electron chi connectivity index (χ2n) is 3.15. The van der Waals surface area contributed by atoms with Crippen molar-refractivity contribution in [2.45, 2.75) is 6.10 Å². The number of nitrogens with zero attached hydrogens (tertiary/aromatic N) is 5. The number of hydrogen-bond acceptors (Lipinski definition) is 5. The predicted molar refractivity (Wildman–Crippen MR) is 45.6 cm³/mol. The average Bonchev–Trinajstić information content (AvgIpc) is 2.95. The standard InChI is InChI=1S/C8H6FN5O/c9-6-1-5(7-3-15-7)2-10-8(6)14-4-11-12-13-14/h1-2,4,7H,3H2/t7-/m0/s1. The molecule has 3 heterocycles. The third kappa shape index (κ3) is 1.46. The van der Waals surface area contributed by atoms with Crippen molar-refractivity contribution in [3.63, 3.8) is 0 Å². The first-order valence-corrected chi connectivity index (χ1v) is 4.35. The number of ether oxygens (including phenoxy) is 1. The molecular formula is C8H6FN5O. The summed E-state index contributed by atoms with van der Waals surface area (Å²) in [5.74, 6) is -0.375. The molecule has 1 atom stereocenters. The van der Waals surface area contributed by atoms with Gasteiger partial charge < -0.3 is 4.74 Å². The van der Waals surface area contributed by atoms with Gasteiger partial charge in [0.1, 0.15) is 12.4 Å². The molecule has 1 aliphatic heterocycles. The van der Waals surface area contributed by atoms with Crippen LogP contribution in [0.1, 0.15) is 11.7 Å². The van der Waals surface area contributed by atoms with Gasteiger partial charge in [-0.05, 0) is 16.5 Å². The summed E-state index contributed by atoms with van der Waals surface area (Å²) in [5.41, 5.74) is 0.740. The Balaban J connectivity index is 2.02.